The van der Waals surface area contributed by atoms with Crippen molar-refractivity contribution in [1.82, 2.24) is 0 Å². The highest BCUT2D eigenvalue weighted by atomic mass is 32.1. The largest absolute Gasteiger partial charge is 0.458 e. The molecule has 8 heterocycles. The van der Waals surface area contributed by atoms with Gasteiger partial charge in [-0.25, -0.2) is 43.9 Å². The van der Waals surface area contributed by atoms with Gasteiger partial charge in [0.25, 0.3) is 20.1 Å². The maximum Gasteiger partial charge on any atom is 0.264 e. The molecule has 0 N–H and O–H groups in total. The molecule has 0 radical (unpaired) electrons. The van der Waals surface area contributed by atoms with E-state index in [1.807, 2.05) is 135 Å². The fourth-order valence-electron chi connectivity index (χ4n) is 20.5. The van der Waals surface area contributed by atoms with Crippen molar-refractivity contribution in [3.8, 4) is 56.4 Å². The monoisotopic (exact) mass is 1600 g/mol. The molecule has 6 aliphatic heterocycles. The van der Waals surface area contributed by atoms with Gasteiger partial charge in [0.2, 0.25) is 0 Å². The molecule has 0 spiro atoms. The number of halogens is 10. The number of para-hydroxylation sites is 4. The van der Waals surface area contributed by atoms with Gasteiger partial charge in [0.1, 0.15) is 104 Å². The molecule has 21 heteroatoms. The Hall–Kier alpha value is -12.7. The molecule has 0 fully saturated rings. The Balaban J connectivity index is 0.873. The molecule has 572 valence electrons. The highest BCUT2D eigenvalue weighted by Crippen LogP contribution is 2.56. The van der Waals surface area contributed by atoms with Crippen LogP contribution in [0.1, 0.15) is 50.1 Å². The van der Waals surface area contributed by atoms with Crippen LogP contribution in [0.5, 0.6) is 23.0 Å². The number of rotatable bonds is 7. The van der Waals surface area contributed by atoms with Crippen molar-refractivity contribution in [2.75, 3.05) is 19.6 Å². The summed E-state index contributed by atoms with van der Waals surface area (Å²) in [7, 11) is 0. The molecule has 22 rings (SSSR count). The van der Waals surface area contributed by atoms with Gasteiger partial charge < -0.3 is 29.1 Å². The van der Waals surface area contributed by atoms with E-state index in [2.05, 4.69) is 12.1 Å². The summed E-state index contributed by atoms with van der Waals surface area (Å²) < 4.78 is 192. The van der Waals surface area contributed by atoms with Crippen molar-refractivity contribution in [2.45, 2.75) is 62.3 Å². The quantitative estimate of drug-likeness (QED) is 0.117. The first-order valence-electron chi connectivity index (χ1n) is 38.7. The van der Waals surface area contributed by atoms with Gasteiger partial charge in [-0.1, -0.05) is 89.5 Å². The summed E-state index contributed by atoms with van der Waals surface area (Å²) in [5.74, 6) is -7.56. The third kappa shape index (κ3) is 10.2. The van der Waals surface area contributed by atoms with Gasteiger partial charge in [0.05, 0.1) is 11.4 Å². The average molecular weight is 1600 g/mol. The molecule has 0 atom stereocenters. The van der Waals surface area contributed by atoms with Crippen LogP contribution in [0.4, 0.5) is 112 Å². The molecule has 16 aromatic rings. The second kappa shape index (κ2) is 25.6. The average Bonchev–Trinajstić information content (AvgIpc) is 0.896. The summed E-state index contributed by atoms with van der Waals surface area (Å²) in [5.41, 5.74) is 15.9. The zero-order valence-corrected chi connectivity index (χ0v) is 66.2. The summed E-state index contributed by atoms with van der Waals surface area (Å²) in [6.07, 6.45) is 0. The Morgan fingerprint density at radius 3 is 0.881 bits per heavy atom. The molecule has 0 aliphatic carbocycles. The lowest BCUT2D eigenvalue weighted by Gasteiger charge is -2.45. The molecule has 0 bridgehead atoms. The SMILES string of the molecule is Cc1cc(C)c(-c2cc3c4c(c2)Oc2cc5c(cc2B4c2cc4c(cc2O3)N(c2c(F)cccc2F)c2cc(-c3c(C)cc(C)cc3C)cc3c2B4c2sc4ccc(F)cc4c2N3c2c(F)cccc2F)B2c3sc4ccc(F)cc4c3N(c3c(F)cccc3F)c3cc(-c4c(C)cc(C)cc4C)cc(c32)N5c2c(F)cccc2F)c(C)c1. The van der Waals surface area contributed by atoms with Crippen LogP contribution >= 0.6 is 22.7 Å². The number of ether oxygens (including phenoxy) is 2. The first kappa shape index (κ1) is 71.8. The molecular weight excluding hydrogens is 1540 g/mol. The number of hydrogen-bond acceptors (Lipinski definition) is 8. The molecule has 0 amide bonds. The minimum Gasteiger partial charge on any atom is -0.458 e. The van der Waals surface area contributed by atoms with Gasteiger partial charge in [-0.3, -0.25) is 0 Å². The Bertz CT molecular complexity index is 6760. The van der Waals surface area contributed by atoms with E-state index in [0.717, 1.165) is 91.0 Å². The first-order valence-corrected chi connectivity index (χ1v) is 40.4. The molecule has 0 saturated heterocycles. The Morgan fingerprint density at radius 2 is 0.559 bits per heavy atom. The first-order chi connectivity index (χ1) is 56.8. The van der Waals surface area contributed by atoms with E-state index in [1.165, 1.54) is 115 Å². The van der Waals surface area contributed by atoms with E-state index >= 15 is 43.9 Å². The van der Waals surface area contributed by atoms with Crippen molar-refractivity contribution in [3.05, 3.63) is 314 Å². The summed E-state index contributed by atoms with van der Waals surface area (Å²) in [4.78, 5) is 6.06. The number of nitrogens with zero attached hydrogens (tertiary/aromatic N) is 4. The van der Waals surface area contributed by atoms with Crippen molar-refractivity contribution in [3.63, 3.8) is 0 Å². The van der Waals surface area contributed by atoms with Crippen LogP contribution in [0, 0.1) is 120 Å². The van der Waals surface area contributed by atoms with Crippen molar-refractivity contribution < 1.29 is 53.4 Å². The van der Waals surface area contributed by atoms with Gasteiger partial charge in [-0.05, 0) is 283 Å². The molecule has 2 aromatic heterocycles. The molecule has 14 aromatic carbocycles. The zero-order valence-electron chi connectivity index (χ0n) is 64.6. The smallest absolute Gasteiger partial charge is 0.264 e. The van der Waals surface area contributed by atoms with E-state index in [-0.39, 0.29) is 57.0 Å². The minimum absolute atomic E-state index is 0.238. The number of benzene rings is 14. The zero-order chi connectivity index (χ0) is 81.1. The topological polar surface area (TPSA) is 31.4 Å². The van der Waals surface area contributed by atoms with Gasteiger partial charge >= 0.3 is 0 Å². The molecule has 6 aliphatic rings. The van der Waals surface area contributed by atoms with E-state index in [1.54, 1.807) is 24.3 Å². The number of hydrogen-bond donors (Lipinski definition) is 0. The maximum absolute atomic E-state index is 17.9. The second-order valence-electron chi connectivity index (χ2n) is 32.0. The normalized spacial score (nSPS) is 13.6. The lowest BCUT2D eigenvalue weighted by molar-refractivity contribution is 0.465. The number of aryl methyl sites for hydroxylation is 9. The van der Waals surface area contributed by atoms with Crippen LogP contribution in [0.3, 0.4) is 0 Å². The number of anilines is 12. The third-order valence-electron chi connectivity index (χ3n) is 24.5. The minimum atomic E-state index is -0.969. The highest BCUT2D eigenvalue weighted by Gasteiger charge is 2.53. The van der Waals surface area contributed by atoms with Gasteiger partial charge in [-0.15, -0.1) is 22.7 Å². The number of fused-ring (bicyclic) bond motifs is 16. The van der Waals surface area contributed by atoms with Gasteiger partial charge in [0.15, 0.2) is 0 Å². The molecule has 0 unspecified atom stereocenters. The standard InChI is InChI=1S/C97H61B3F10N4O2S2/c1-44-26-47(4)84(48(5)27-44)53-32-74-87-76(34-53)113(94-68(107)18-12-19-69(94)108)90-58-38-56(101)22-24-82(58)117-96(90)99(87)60-40-62-78(42-72(60)111(74)92-64(103)14-10-15-65(92)104)115-80-36-55(86-51(8)30-46(3)31-52(86)9)37-81-89(80)98(62)63-41-61-73(43-79(63)116-81)112(93-66(105)16-11-17-67(93)106)75-33-54(85-49(6)28-45(2)29-50(85)7)35-77-88(75)100(61)97-91(59-39-57(102)23-25-83(59)118-97)114(77)95-70(109)20-13-21-71(95)110/h10-43H,1-9H3. The summed E-state index contributed by atoms with van der Waals surface area (Å²) in [6.45, 7) is 15.0. The van der Waals surface area contributed by atoms with Gasteiger partial charge in [0, 0.05) is 81.4 Å². The fraction of sp³-hybridized carbons (Fsp3) is 0.0928. The Labute approximate surface area is 680 Å². The molecule has 6 nitrogen and oxygen atoms in total. The summed E-state index contributed by atoms with van der Waals surface area (Å²) in [5, 5.41) is 0.680. The van der Waals surface area contributed by atoms with Crippen molar-refractivity contribution >= 4 is 179 Å². The van der Waals surface area contributed by atoms with Crippen LogP contribution in [0.15, 0.2) is 206 Å². The molecule has 0 saturated carbocycles. The van der Waals surface area contributed by atoms with Crippen LogP contribution in [-0.2, 0) is 0 Å². The summed E-state index contributed by atoms with van der Waals surface area (Å²) in [6, 6.07) is 54.2. The second-order valence-corrected chi connectivity index (χ2v) is 34.2. The molecular formula is C97H61B3F10N4O2S2. The van der Waals surface area contributed by atoms with Crippen LogP contribution < -0.4 is 76.9 Å². The van der Waals surface area contributed by atoms with E-state index in [4.69, 9.17) is 9.47 Å². The van der Waals surface area contributed by atoms with Crippen molar-refractivity contribution in [2.24, 2.45) is 0 Å². The Morgan fingerprint density at radius 1 is 0.263 bits per heavy atom. The Kier molecular flexibility index (Phi) is 15.6. The van der Waals surface area contributed by atoms with E-state index in [0.29, 0.717) is 96.2 Å². The molecule has 118 heavy (non-hydrogen) atoms. The van der Waals surface area contributed by atoms with Crippen LogP contribution in [0.25, 0.3) is 53.6 Å². The predicted molar refractivity (Wildman–Crippen MR) is 461 cm³/mol. The van der Waals surface area contributed by atoms with Gasteiger partial charge in [-0.2, -0.15) is 0 Å². The lowest BCUT2D eigenvalue weighted by atomic mass is 9.30. The van der Waals surface area contributed by atoms with Crippen LogP contribution in [-0.4, -0.2) is 20.1 Å². The highest BCUT2D eigenvalue weighted by molar-refractivity contribution is 7.34. The predicted octanol–water partition coefficient (Wildman–Crippen LogP) is 22.2. The van der Waals surface area contributed by atoms with E-state index in [9.17, 15) is 0 Å². The van der Waals surface area contributed by atoms with Crippen LogP contribution in [0.2, 0.25) is 0 Å². The van der Waals surface area contributed by atoms with Crippen molar-refractivity contribution in [1.29, 1.82) is 0 Å². The lowest BCUT2D eigenvalue weighted by Crippen LogP contribution is -2.65. The fourth-order valence-corrected chi connectivity index (χ4v) is 23.1. The summed E-state index contributed by atoms with van der Waals surface area (Å²) >= 11 is 2.58. The van der Waals surface area contributed by atoms with E-state index < -0.39 is 101 Å². The third-order valence-corrected chi connectivity index (χ3v) is 27.0. The number of thiophene rings is 2. The maximum atomic E-state index is 17.9.